The first-order valence-corrected chi connectivity index (χ1v) is 8.43. The molecule has 1 aromatic heterocycles. The molecule has 0 aliphatic carbocycles. The third-order valence-corrected chi connectivity index (χ3v) is 4.62. The lowest BCUT2D eigenvalue weighted by Gasteiger charge is -2.08. The Morgan fingerprint density at radius 3 is 2.11 bits per heavy atom. The summed E-state index contributed by atoms with van der Waals surface area (Å²) in [6.07, 6.45) is 0. The van der Waals surface area contributed by atoms with Crippen LogP contribution in [-0.2, 0) is 12.3 Å². The van der Waals surface area contributed by atoms with E-state index in [-0.39, 0.29) is 11.7 Å². The van der Waals surface area contributed by atoms with E-state index in [4.69, 9.17) is 4.74 Å². The van der Waals surface area contributed by atoms with Crippen LogP contribution in [0, 0.1) is 29.1 Å². The molecule has 0 aliphatic heterocycles. The van der Waals surface area contributed by atoms with E-state index in [1.54, 1.807) is 24.3 Å². The minimum absolute atomic E-state index is 0.162. The van der Waals surface area contributed by atoms with Gasteiger partial charge in [0.05, 0.1) is 13.7 Å². The van der Waals surface area contributed by atoms with Gasteiger partial charge in [0.25, 0.3) is 0 Å². The van der Waals surface area contributed by atoms with Crippen molar-refractivity contribution >= 4 is 11.8 Å². The maximum Gasteiger partial charge on any atom is 0.209 e. The lowest BCUT2D eigenvalue weighted by atomic mass is 10.2. The van der Waals surface area contributed by atoms with Crippen LogP contribution in [0.4, 0.5) is 22.0 Å². The van der Waals surface area contributed by atoms with Crippen LogP contribution in [0.1, 0.15) is 11.1 Å². The third kappa shape index (κ3) is 3.87. The molecule has 2 aromatic carbocycles. The summed E-state index contributed by atoms with van der Waals surface area (Å²) in [5.41, 5.74) is -0.114. The molecule has 0 aliphatic rings. The van der Waals surface area contributed by atoms with Gasteiger partial charge in [-0.2, -0.15) is 0 Å². The van der Waals surface area contributed by atoms with Crippen LogP contribution in [0.5, 0.6) is 5.75 Å². The first-order chi connectivity index (χ1) is 12.9. The Balaban J connectivity index is 1.78. The second-order valence-electron chi connectivity index (χ2n) is 5.30. The minimum Gasteiger partial charge on any atom is -0.497 e. The van der Waals surface area contributed by atoms with Crippen LogP contribution in [0.25, 0.3) is 0 Å². The van der Waals surface area contributed by atoms with Crippen LogP contribution >= 0.6 is 11.8 Å². The van der Waals surface area contributed by atoms with Crippen molar-refractivity contribution in [2.24, 2.45) is 0 Å². The summed E-state index contributed by atoms with van der Waals surface area (Å²) >= 11 is 0.752. The Labute approximate surface area is 154 Å². The van der Waals surface area contributed by atoms with Gasteiger partial charge in [0.1, 0.15) is 5.75 Å². The van der Waals surface area contributed by atoms with Gasteiger partial charge in [-0.1, -0.05) is 23.9 Å². The van der Waals surface area contributed by atoms with Gasteiger partial charge < -0.3 is 4.74 Å². The average molecular weight is 402 g/mol. The van der Waals surface area contributed by atoms with Crippen LogP contribution in [0.2, 0.25) is 0 Å². The van der Waals surface area contributed by atoms with E-state index in [1.165, 1.54) is 11.8 Å². The van der Waals surface area contributed by atoms with Crippen molar-refractivity contribution in [1.29, 1.82) is 0 Å². The van der Waals surface area contributed by atoms with Crippen molar-refractivity contribution in [3.63, 3.8) is 0 Å². The molecule has 0 saturated heterocycles. The number of halogens is 5. The van der Waals surface area contributed by atoms with Crippen molar-refractivity contribution in [2.75, 3.05) is 7.11 Å². The zero-order chi connectivity index (χ0) is 19.6. The molecule has 0 N–H and O–H groups in total. The van der Waals surface area contributed by atoms with Crippen molar-refractivity contribution < 1.29 is 26.7 Å². The number of hydrogen-bond acceptors (Lipinski definition) is 5. The molecule has 1 heterocycles. The van der Waals surface area contributed by atoms with E-state index in [0.717, 1.165) is 17.3 Å². The largest absolute Gasteiger partial charge is 0.497 e. The molecule has 27 heavy (non-hydrogen) atoms. The minimum atomic E-state index is -2.19. The third-order valence-electron chi connectivity index (χ3n) is 3.64. The molecular weight excluding hydrogens is 391 g/mol. The lowest BCUT2D eigenvalue weighted by Crippen LogP contribution is -2.07. The number of ether oxygens (including phenoxy) is 1. The Morgan fingerprint density at radius 1 is 0.926 bits per heavy atom. The topological polar surface area (TPSA) is 52.8 Å². The number of nitrogens with zero attached hydrogens (tertiary/aromatic N) is 4. The number of hydrogen-bond donors (Lipinski definition) is 0. The smallest absolute Gasteiger partial charge is 0.209 e. The highest BCUT2D eigenvalue weighted by atomic mass is 32.2. The summed E-state index contributed by atoms with van der Waals surface area (Å²) in [5.74, 6) is -9.76. The number of tetrazole rings is 1. The molecule has 11 heteroatoms. The molecule has 3 aromatic rings. The number of methoxy groups -OCH3 is 1. The predicted molar refractivity (Wildman–Crippen MR) is 85.7 cm³/mol. The summed E-state index contributed by atoms with van der Waals surface area (Å²) in [5, 5.41) is 11.1. The highest BCUT2D eigenvalue weighted by Gasteiger charge is 2.26. The van der Waals surface area contributed by atoms with E-state index in [1.807, 2.05) is 0 Å². The van der Waals surface area contributed by atoms with E-state index in [2.05, 4.69) is 15.5 Å². The van der Waals surface area contributed by atoms with Gasteiger partial charge in [0.2, 0.25) is 11.0 Å². The molecular formula is C16H11F5N4OS. The molecule has 142 valence electrons. The molecule has 0 fully saturated rings. The lowest BCUT2D eigenvalue weighted by molar-refractivity contribution is 0.372. The van der Waals surface area contributed by atoms with Crippen molar-refractivity contribution in [3.05, 3.63) is 64.5 Å². The van der Waals surface area contributed by atoms with E-state index in [0.29, 0.717) is 5.75 Å². The Hall–Kier alpha value is -2.69. The first-order valence-electron chi connectivity index (χ1n) is 7.44. The summed E-state index contributed by atoms with van der Waals surface area (Å²) in [4.78, 5) is 0. The van der Waals surface area contributed by atoms with Gasteiger partial charge in [0.15, 0.2) is 23.3 Å². The average Bonchev–Trinajstić information content (AvgIpc) is 3.12. The highest BCUT2D eigenvalue weighted by Crippen LogP contribution is 2.28. The van der Waals surface area contributed by atoms with Crippen molar-refractivity contribution in [2.45, 2.75) is 17.5 Å². The number of thioether (sulfide) groups is 1. The van der Waals surface area contributed by atoms with Crippen LogP contribution < -0.4 is 4.74 Å². The zero-order valence-corrected chi connectivity index (χ0v) is 14.5. The summed E-state index contributed by atoms with van der Waals surface area (Å²) < 4.78 is 73.5. The fourth-order valence-corrected chi connectivity index (χ4v) is 3.09. The SMILES string of the molecule is COc1ccc(Cn2nnnc2SCc2c(F)c(F)c(F)c(F)c2F)cc1. The zero-order valence-electron chi connectivity index (χ0n) is 13.7. The fraction of sp³-hybridized carbons (Fsp3) is 0.188. The number of aromatic nitrogens is 4. The molecule has 0 radical (unpaired) electrons. The normalized spacial score (nSPS) is 11.0. The maximum absolute atomic E-state index is 13.7. The second-order valence-corrected chi connectivity index (χ2v) is 6.25. The van der Waals surface area contributed by atoms with Gasteiger partial charge in [-0.3, -0.25) is 0 Å². The second kappa shape index (κ2) is 7.91. The highest BCUT2D eigenvalue weighted by molar-refractivity contribution is 7.98. The standard InChI is InChI=1S/C16H11F5N4OS/c1-26-9-4-2-8(3-5-9)6-25-16(22-23-24-25)27-7-10-11(17)13(19)15(21)14(20)12(10)18/h2-5H,6-7H2,1H3. The Bertz CT molecular complexity index is 935. The van der Waals surface area contributed by atoms with Crippen LogP contribution in [-0.4, -0.2) is 27.3 Å². The molecule has 0 atom stereocenters. The van der Waals surface area contributed by atoms with Crippen LogP contribution in [0.3, 0.4) is 0 Å². The first kappa shape index (κ1) is 19.1. The Morgan fingerprint density at radius 2 is 1.52 bits per heavy atom. The molecule has 3 rings (SSSR count). The number of benzene rings is 2. The van der Waals surface area contributed by atoms with E-state index >= 15 is 0 Å². The molecule has 0 saturated carbocycles. The fourth-order valence-electron chi connectivity index (χ4n) is 2.22. The molecule has 0 bridgehead atoms. The van der Waals surface area contributed by atoms with Crippen molar-refractivity contribution in [3.8, 4) is 5.75 Å². The monoisotopic (exact) mass is 402 g/mol. The predicted octanol–water partition coefficient (Wildman–Crippen LogP) is 3.72. The van der Waals surface area contributed by atoms with E-state index < -0.39 is 40.4 Å². The molecule has 0 amide bonds. The summed E-state index contributed by atoms with van der Waals surface area (Å²) in [6, 6.07) is 7.03. The summed E-state index contributed by atoms with van der Waals surface area (Å²) in [6.45, 7) is 0.246. The van der Waals surface area contributed by atoms with Crippen LogP contribution in [0.15, 0.2) is 29.4 Å². The van der Waals surface area contributed by atoms with Crippen molar-refractivity contribution in [1.82, 2.24) is 20.2 Å². The molecule has 0 unspecified atom stereocenters. The molecule has 5 nitrogen and oxygen atoms in total. The van der Waals surface area contributed by atoms with Gasteiger partial charge >= 0.3 is 0 Å². The van der Waals surface area contributed by atoms with E-state index in [9.17, 15) is 22.0 Å². The van der Waals surface area contributed by atoms with Gasteiger partial charge in [-0.15, -0.1) is 5.10 Å². The van der Waals surface area contributed by atoms with Gasteiger partial charge in [0, 0.05) is 11.3 Å². The van der Waals surface area contributed by atoms with Gasteiger partial charge in [-0.25, -0.2) is 26.6 Å². The Kier molecular flexibility index (Phi) is 5.59. The molecule has 0 spiro atoms. The number of rotatable bonds is 6. The quantitative estimate of drug-likeness (QED) is 0.272. The maximum atomic E-state index is 13.7. The summed E-state index contributed by atoms with van der Waals surface area (Å²) in [7, 11) is 1.53. The van der Waals surface area contributed by atoms with Gasteiger partial charge in [-0.05, 0) is 28.1 Å².